The lowest BCUT2D eigenvalue weighted by molar-refractivity contribution is -0.142. The van der Waals surface area contributed by atoms with E-state index in [1.807, 2.05) is 6.92 Å². The maximum Gasteiger partial charge on any atom is 0.331 e. The molecule has 0 aromatic carbocycles. The van der Waals surface area contributed by atoms with Gasteiger partial charge >= 0.3 is 5.97 Å². The molecule has 0 aromatic heterocycles. The van der Waals surface area contributed by atoms with Crippen LogP contribution in [-0.4, -0.2) is 24.2 Å². The molecule has 0 N–H and O–H groups in total. The van der Waals surface area contributed by atoms with Gasteiger partial charge in [-0.1, -0.05) is 5.57 Å². The molecule has 86 valence electrons. The Bertz CT molecular complexity index is 248. The van der Waals surface area contributed by atoms with Crippen LogP contribution in [0.1, 0.15) is 32.6 Å². The first kappa shape index (κ1) is 14.2. The molecule has 1 atom stereocenters. The summed E-state index contributed by atoms with van der Waals surface area (Å²) in [7, 11) is 1.21. The number of rotatable bonds is 7. The number of unbranched alkanes of at least 4 members (excludes halogenated alkanes) is 1. The van der Waals surface area contributed by atoms with E-state index in [-0.39, 0.29) is 5.78 Å². The number of allylic oxidation sites excluding steroid dienone is 1. The first-order valence-corrected chi connectivity index (χ1v) is 5.31. The Morgan fingerprint density at radius 1 is 1.33 bits per heavy atom. The summed E-state index contributed by atoms with van der Waals surface area (Å²) in [6.07, 6.45) is 2.84. The number of carbonyl (C=O) groups excluding carboxylic acids is 2. The summed E-state index contributed by atoms with van der Waals surface area (Å²) in [5, 5.41) is -1.15. The Labute approximate surface area is 95.4 Å². The van der Waals surface area contributed by atoms with Crippen LogP contribution >= 0.6 is 11.6 Å². The van der Waals surface area contributed by atoms with Crippen LogP contribution in [-0.2, 0) is 14.3 Å². The summed E-state index contributed by atoms with van der Waals surface area (Å²) in [6.45, 7) is 5.71. The molecule has 0 aliphatic carbocycles. The molecule has 15 heavy (non-hydrogen) atoms. The fourth-order valence-electron chi connectivity index (χ4n) is 1.09. The molecule has 0 saturated carbocycles. The first-order chi connectivity index (χ1) is 6.99. The molecule has 0 rings (SSSR count). The van der Waals surface area contributed by atoms with Gasteiger partial charge < -0.3 is 4.74 Å². The van der Waals surface area contributed by atoms with Crippen molar-refractivity contribution in [3.05, 3.63) is 12.2 Å². The van der Waals surface area contributed by atoms with Gasteiger partial charge in [0.2, 0.25) is 0 Å². The molecule has 4 heteroatoms. The fraction of sp³-hybridized carbons (Fsp3) is 0.636. The van der Waals surface area contributed by atoms with Gasteiger partial charge in [-0.15, -0.1) is 18.2 Å². The third kappa shape index (κ3) is 6.28. The smallest absolute Gasteiger partial charge is 0.331 e. The zero-order chi connectivity index (χ0) is 11.8. The number of halogens is 1. The number of esters is 1. The third-order valence-corrected chi connectivity index (χ3v) is 2.39. The van der Waals surface area contributed by atoms with Gasteiger partial charge in [0.05, 0.1) is 7.11 Å². The summed E-state index contributed by atoms with van der Waals surface area (Å²) in [5.74, 6) is -0.952. The molecule has 0 spiro atoms. The van der Waals surface area contributed by atoms with Gasteiger partial charge in [-0.3, -0.25) is 4.79 Å². The van der Waals surface area contributed by atoms with E-state index in [4.69, 9.17) is 11.6 Å². The van der Waals surface area contributed by atoms with Crippen LogP contribution in [0.3, 0.4) is 0 Å². The summed E-state index contributed by atoms with van der Waals surface area (Å²) in [4.78, 5) is 22.2. The Morgan fingerprint density at radius 3 is 2.33 bits per heavy atom. The maximum absolute atomic E-state index is 11.3. The lowest BCUT2D eigenvalue weighted by atomic mass is 10.1. The molecule has 0 aliphatic rings. The normalized spacial score (nSPS) is 11.9. The van der Waals surface area contributed by atoms with Gasteiger partial charge in [-0.25, -0.2) is 4.79 Å². The summed E-state index contributed by atoms with van der Waals surface area (Å²) in [6, 6.07) is 0. The molecule has 0 amide bonds. The van der Waals surface area contributed by atoms with E-state index < -0.39 is 11.3 Å². The minimum absolute atomic E-state index is 0.273. The SMILES string of the molecule is C=C(C)CCCCC(=O)C(Cl)C(=O)OC. The monoisotopic (exact) mass is 232 g/mol. The van der Waals surface area contributed by atoms with Crippen LogP contribution in [0, 0.1) is 0 Å². The van der Waals surface area contributed by atoms with E-state index in [0.29, 0.717) is 6.42 Å². The third-order valence-electron chi connectivity index (χ3n) is 1.97. The molecular formula is C11H17ClO3. The zero-order valence-corrected chi connectivity index (χ0v) is 9.97. The van der Waals surface area contributed by atoms with Gasteiger partial charge in [0.15, 0.2) is 11.2 Å². The number of alkyl halides is 1. The number of hydrogen-bond acceptors (Lipinski definition) is 3. The molecule has 3 nitrogen and oxygen atoms in total. The van der Waals surface area contributed by atoms with Crippen molar-refractivity contribution in [3.8, 4) is 0 Å². The molecular weight excluding hydrogens is 216 g/mol. The summed E-state index contributed by atoms with van der Waals surface area (Å²) in [5.41, 5.74) is 1.10. The van der Waals surface area contributed by atoms with E-state index in [1.54, 1.807) is 0 Å². The number of ether oxygens (including phenoxy) is 1. The fourth-order valence-corrected chi connectivity index (χ4v) is 1.29. The standard InChI is InChI=1S/C11H17ClO3/c1-8(2)6-4-5-7-9(13)10(12)11(14)15-3/h10H,1,4-7H2,2-3H3. The van der Waals surface area contributed by atoms with Crippen LogP contribution in [0.15, 0.2) is 12.2 Å². The minimum Gasteiger partial charge on any atom is -0.468 e. The average molecular weight is 233 g/mol. The summed E-state index contributed by atoms with van der Waals surface area (Å²) >= 11 is 5.58. The highest BCUT2D eigenvalue weighted by molar-refractivity contribution is 6.41. The molecule has 0 heterocycles. The molecule has 0 radical (unpaired) electrons. The van der Waals surface area contributed by atoms with E-state index in [1.165, 1.54) is 7.11 Å². The lowest BCUT2D eigenvalue weighted by Crippen LogP contribution is -2.25. The quantitative estimate of drug-likeness (QED) is 0.223. The summed E-state index contributed by atoms with van der Waals surface area (Å²) < 4.78 is 4.37. The van der Waals surface area contributed by atoms with Crippen LogP contribution in [0.2, 0.25) is 0 Å². The van der Waals surface area contributed by atoms with E-state index >= 15 is 0 Å². The molecule has 0 bridgehead atoms. The first-order valence-electron chi connectivity index (χ1n) is 4.88. The Morgan fingerprint density at radius 2 is 1.87 bits per heavy atom. The number of carbonyl (C=O) groups is 2. The van der Waals surface area contributed by atoms with Gasteiger partial charge in [-0.2, -0.15) is 0 Å². The lowest BCUT2D eigenvalue weighted by Gasteiger charge is -2.05. The predicted octanol–water partition coefficient (Wildman–Crippen LogP) is 2.47. The van der Waals surface area contributed by atoms with Crippen LogP contribution in [0.5, 0.6) is 0 Å². The van der Waals surface area contributed by atoms with E-state index in [9.17, 15) is 9.59 Å². The predicted molar refractivity (Wildman–Crippen MR) is 59.9 cm³/mol. The molecule has 0 aromatic rings. The Balaban J connectivity index is 3.74. The second-order valence-corrected chi connectivity index (χ2v) is 3.95. The van der Waals surface area contributed by atoms with Crippen LogP contribution in [0.4, 0.5) is 0 Å². The Hall–Kier alpha value is -0.830. The minimum atomic E-state index is -1.15. The van der Waals surface area contributed by atoms with Crippen molar-refractivity contribution in [2.45, 2.75) is 38.0 Å². The topological polar surface area (TPSA) is 43.4 Å². The second kappa shape index (κ2) is 7.46. The van der Waals surface area contributed by atoms with Crippen LogP contribution in [0.25, 0.3) is 0 Å². The van der Waals surface area contributed by atoms with Crippen molar-refractivity contribution in [1.29, 1.82) is 0 Å². The maximum atomic E-state index is 11.3. The van der Waals surface area contributed by atoms with E-state index in [2.05, 4.69) is 11.3 Å². The number of hydrogen-bond donors (Lipinski definition) is 0. The zero-order valence-electron chi connectivity index (χ0n) is 9.22. The van der Waals surface area contributed by atoms with Gasteiger partial charge in [0.1, 0.15) is 0 Å². The van der Waals surface area contributed by atoms with Gasteiger partial charge in [-0.05, 0) is 26.2 Å². The number of methoxy groups -OCH3 is 1. The van der Waals surface area contributed by atoms with Crippen molar-refractivity contribution < 1.29 is 14.3 Å². The molecule has 0 aliphatic heterocycles. The highest BCUT2D eigenvalue weighted by Crippen LogP contribution is 2.10. The van der Waals surface area contributed by atoms with Crippen LogP contribution < -0.4 is 0 Å². The number of Topliss-reactive ketones (excluding diaryl/α,β-unsaturated/α-hetero) is 1. The van der Waals surface area contributed by atoms with Crippen molar-refractivity contribution in [2.24, 2.45) is 0 Å². The molecule has 0 saturated heterocycles. The molecule has 1 unspecified atom stereocenters. The van der Waals surface area contributed by atoms with Gasteiger partial charge in [0, 0.05) is 6.42 Å². The number of ketones is 1. The highest BCUT2D eigenvalue weighted by Gasteiger charge is 2.23. The average Bonchev–Trinajstić information content (AvgIpc) is 2.21. The van der Waals surface area contributed by atoms with Crippen molar-refractivity contribution >= 4 is 23.4 Å². The molecule has 0 fully saturated rings. The Kier molecular flexibility index (Phi) is 7.05. The van der Waals surface area contributed by atoms with Crippen molar-refractivity contribution in [1.82, 2.24) is 0 Å². The van der Waals surface area contributed by atoms with Gasteiger partial charge in [0.25, 0.3) is 0 Å². The van der Waals surface area contributed by atoms with Crippen molar-refractivity contribution in [2.75, 3.05) is 7.11 Å². The van der Waals surface area contributed by atoms with Crippen molar-refractivity contribution in [3.63, 3.8) is 0 Å². The highest BCUT2D eigenvalue weighted by atomic mass is 35.5. The second-order valence-electron chi connectivity index (χ2n) is 3.52. The van der Waals surface area contributed by atoms with E-state index in [0.717, 1.165) is 24.8 Å². The largest absolute Gasteiger partial charge is 0.468 e.